The summed E-state index contributed by atoms with van der Waals surface area (Å²) in [6.07, 6.45) is 5.72. The largest absolute Gasteiger partial charge is 0.457 e. The SMILES string of the molecule is CC(=O)OC(C1C[C@@H](C)[C@H]2C(O1)[C@H](O)[C@@]1(C)C3CC[C@H]4C(C)(C)C(OC(=O)N5CCOCC5)CCC45CC35CCC21C)C(C)(C)O. The highest BCUT2D eigenvalue weighted by atomic mass is 16.6. The molecule has 5 aliphatic carbocycles. The van der Waals surface area contributed by atoms with Crippen LogP contribution in [0.3, 0.4) is 0 Å². The maximum absolute atomic E-state index is 13.2. The average molecular weight is 646 g/mol. The predicted octanol–water partition coefficient (Wildman–Crippen LogP) is 5.34. The molecule has 9 nitrogen and oxygen atoms in total. The number of esters is 1. The van der Waals surface area contributed by atoms with E-state index in [9.17, 15) is 19.8 Å². The molecule has 0 radical (unpaired) electrons. The van der Waals surface area contributed by atoms with E-state index in [-0.39, 0.29) is 57.2 Å². The monoisotopic (exact) mass is 645 g/mol. The topological polar surface area (TPSA) is 115 Å². The molecule has 7 rings (SSSR count). The summed E-state index contributed by atoms with van der Waals surface area (Å²) in [5.74, 6) is 0.889. The molecule has 1 amide bonds. The lowest BCUT2D eigenvalue weighted by Gasteiger charge is -2.63. The van der Waals surface area contributed by atoms with Gasteiger partial charge in [-0.15, -0.1) is 0 Å². The van der Waals surface area contributed by atoms with E-state index in [0.29, 0.717) is 44.6 Å². The van der Waals surface area contributed by atoms with Gasteiger partial charge in [-0.1, -0.05) is 34.6 Å². The molecule has 9 heteroatoms. The molecular weight excluding hydrogens is 586 g/mol. The molecule has 0 aromatic carbocycles. The van der Waals surface area contributed by atoms with Gasteiger partial charge in [-0.25, -0.2) is 4.79 Å². The summed E-state index contributed by atoms with van der Waals surface area (Å²) in [5.41, 5.74) is -1.35. The van der Waals surface area contributed by atoms with Gasteiger partial charge in [0.15, 0.2) is 6.10 Å². The molecule has 0 aromatic rings. The van der Waals surface area contributed by atoms with Gasteiger partial charge in [0.05, 0.1) is 37.1 Å². The zero-order valence-electron chi connectivity index (χ0n) is 29.5. The van der Waals surface area contributed by atoms with Crippen molar-refractivity contribution < 1.29 is 38.7 Å². The fourth-order valence-corrected chi connectivity index (χ4v) is 13.5. The van der Waals surface area contributed by atoms with Crippen LogP contribution in [0.25, 0.3) is 0 Å². The quantitative estimate of drug-likeness (QED) is 0.394. The number of morpholine rings is 1. The van der Waals surface area contributed by atoms with Crippen LogP contribution in [0.15, 0.2) is 0 Å². The third kappa shape index (κ3) is 4.32. The van der Waals surface area contributed by atoms with Crippen LogP contribution >= 0.6 is 0 Å². The maximum Gasteiger partial charge on any atom is 0.410 e. The molecule has 2 spiro atoms. The first-order valence-electron chi connectivity index (χ1n) is 18.2. The second kappa shape index (κ2) is 10.5. The first-order chi connectivity index (χ1) is 21.4. The molecule has 8 unspecified atom stereocenters. The van der Waals surface area contributed by atoms with Gasteiger partial charge in [-0.05, 0) is 105 Å². The average Bonchev–Trinajstić information content (AvgIpc) is 3.61. The van der Waals surface area contributed by atoms with Crippen LogP contribution in [-0.4, -0.2) is 89.6 Å². The van der Waals surface area contributed by atoms with Gasteiger partial charge in [0, 0.05) is 30.8 Å². The summed E-state index contributed by atoms with van der Waals surface area (Å²) >= 11 is 0. The van der Waals surface area contributed by atoms with Crippen LogP contribution in [0.5, 0.6) is 0 Å². The molecule has 2 saturated heterocycles. The molecule has 46 heavy (non-hydrogen) atoms. The van der Waals surface area contributed by atoms with Gasteiger partial charge in [0.2, 0.25) is 0 Å². The van der Waals surface area contributed by atoms with E-state index in [2.05, 4.69) is 34.6 Å². The Hall–Kier alpha value is -1.42. The molecule has 2 heterocycles. The van der Waals surface area contributed by atoms with E-state index in [0.717, 1.165) is 32.1 Å². The van der Waals surface area contributed by atoms with Crippen LogP contribution < -0.4 is 0 Å². The Kier molecular flexibility index (Phi) is 7.58. The molecule has 7 fully saturated rings. The Bertz CT molecular complexity index is 1240. The van der Waals surface area contributed by atoms with Crippen molar-refractivity contribution in [2.24, 2.45) is 50.7 Å². The third-order valence-corrected chi connectivity index (χ3v) is 15.6. The molecule has 5 saturated carbocycles. The third-order valence-electron chi connectivity index (χ3n) is 15.6. The first kappa shape index (κ1) is 33.1. The molecule has 2 aliphatic heterocycles. The van der Waals surface area contributed by atoms with Gasteiger partial charge in [-0.2, -0.15) is 0 Å². The molecule has 0 aromatic heterocycles. The van der Waals surface area contributed by atoms with Crippen molar-refractivity contribution >= 4 is 12.1 Å². The van der Waals surface area contributed by atoms with Crippen molar-refractivity contribution in [2.45, 2.75) is 143 Å². The van der Waals surface area contributed by atoms with Gasteiger partial charge in [0.25, 0.3) is 0 Å². The number of carbonyl (C=O) groups is 2. The number of aliphatic hydroxyl groups is 2. The Morgan fingerprint density at radius 2 is 1.63 bits per heavy atom. The second-order valence-electron chi connectivity index (χ2n) is 18.2. The Balaban J connectivity index is 1.14. The minimum atomic E-state index is -1.27. The number of amides is 1. The van der Waals surface area contributed by atoms with E-state index in [4.69, 9.17) is 18.9 Å². The zero-order chi connectivity index (χ0) is 33.2. The number of carbonyl (C=O) groups excluding carboxylic acids is 2. The summed E-state index contributed by atoms with van der Waals surface area (Å²) in [6.45, 7) is 18.8. The van der Waals surface area contributed by atoms with E-state index in [1.54, 1.807) is 18.7 Å². The standard InChI is InChI=1S/C37H59NO8/c1-21-19-23(30(33(5,6)42)44-22(2)39)45-28-27(21)34(7)13-14-37-20-36(37)12-11-26(46-31(41)38-15-17-43-18-16-38)32(3,4)24(36)9-10-25(37)35(34,8)29(28)40/h21,23-30,40,42H,9-20H2,1-8H3/t21-,23?,24+,25?,26?,27+,28?,29+,30?,34?,35-,36?,37?/m1/s1. The summed E-state index contributed by atoms with van der Waals surface area (Å²) < 4.78 is 24.2. The van der Waals surface area contributed by atoms with Crippen molar-refractivity contribution in [3.05, 3.63) is 0 Å². The number of aliphatic hydroxyl groups excluding tert-OH is 1. The normalized spacial score (nSPS) is 49.7. The van der Waals surface area contributed by atoms with Gasteiger partial charge in [-0.3, -0.25) is 4.79 Å². The fourth-order valence-electron chi connectivity index (χ4n) is 13.5. The maximum atomic E-state index is 13.2. The first-order valence-corrected chi connectivity index (χ1v) is 18.2. The Morgan fingerprint density at radius 3 is 2.28 bits per heavy atom. The summed E-state index contributed by atoms with van der Waals surface area (Å²) in [5, 5.41) is 23.5. The summed E-state index contributed by atoms with van der Waals surface area (Å²) in [4.78, 5) is 27.0. The van der Waals surface area contributed by atoms with Crippen LogP contribution in [0.4, 0.5) is 4.79 Å². The van der Waals surface area contributed by atoms with Crippen LogP contribution in [0.1, 0.15) is 107 Å². The van der Waals surface area contributed by atoms with Crippen LogP contribution in [0, 0.1) is 50.7 Å². The molecule has 2 N–H and O–H groups in total. The molecule has 13 atom stereocenters. The number of hydrogen-bond acceptors (Lipinski definition) is 8. The summed E-state index contributed by atoms with van der Waals surface area (Å²) in [6, 6.07) is 0. The predicted molar refractivity (Wildman–Crippen MR) is 171 cm³/mol. The van der Waals surface area contributed by atoms with Gasteiger partial charge < -0.3 is 34.1 Å². The summed E-state index contributed by atoms with van der Waals surface area (Å²) in [7, 11) is 0. The Morgan fingerprint density at radius 1 is 0.978 bits per heavy atom. The second-order valence-corrected chi connectivity index (χ2v) is 18.2. The lowest BCUT2D eigenvalue weighted by atomic mass is 9.41. The number of ether oxygens (including phenoxy) is 4. The van der Waals surface area contributed by atoms with Gasteiger partial charge >= 0.3 is 12.1 Å². The highest BCUT2D eigenvalue weighted by Gasteiger charge is 2.84. The lowest BCUT2D eigenvalue weighted by Crippen LogP contribution is -2.60. The molecule has 7 aliphatic rings. The highest BCUT2D eigenvalue weighted by molar-refractivity contribution is 5.68. The lowest BCUT2D eigenvalue weighted by molar-refractivity contribution is -0.216. The zero-order valence-corrected chi connectivity index (χ0v) is 29.5. The van der Waals surface area contributed by atoms with Crippen LogP contribution in [0.2, 0.25) is 0 Å². The minimum absolute atomic E-state index is 0.0833. The minimum Gasteiger partial charge on any atom is -0.457 e. The molecule has 260 valence electrons. The number of hydrogen-bond donors (Lipinski definition) is 2. The Labute approximate surface area is 275 Å². The van der Waals surface area contributed by atoms with E-state index < -0.39 is 29.9 Å². The van der Waals surface area contributed by atoms with E-state index >= 15 is 0 Å². The fraction of sp³-hybridized carbons (Fsp3) is 0.946. The highest BCUT2D eigenvalue weighted by Crippen LogP contribution is 2.89. The van der Waals surface area contributed by atoms with Crippen molar-refractivity contribution in [1.29, 1.82) is 0 Å². The van der Waals surface area contributed by atoms with Crippen molar-refractivity contribution in [1.82, 2.24) is 4.90 Å². The van der Waals surface area contributed by atoms with Gasteiger partial charge in [0.1, 0.15) is 6.10 Å². The molecular formula is C37H59NO8. The van der Waals surface area contributed by atoms with Crippen LogP contribution in [-0.2, 0) is 23.7 Å². The number of fused-ring (bicyclic) bond motifs is 4. The van der Waals surface area contributed by atoms with Crippen molar-refractivity contribution in [3.63, 3.8) is 0 Å². The number of rotatable bonds is 4. The number of nitrogens with zero attached hydrogens (tertiary/aromatic N) is 1. The smallest absolute Gasteiger partial charge is 0.410 e. The van der Waals surface area contributed by atoms with Crippen molar-refractivity contribution in [3.8, 4) is 0 Å². The van der Waals surface area contributed by atoms with Crippen molar-refractivity contribution in [2.75, 3.05) is 26.3 Å². The molecule has 0 bridgehead atoms. The van der Waals surface area contributed by atoms with E-state index in [1.165, 1.54) is 19.8 Å². The van der Waals surface area contributed by atoms with E-state index in [1.807, 2.05) is 0 Å².